The molecule has 1 aromatic heterocycles. The summed E-state index contributed by atoms with van der Waals surface area (Å²) in [6.07, 6.45) is 2.59. The Morgan fingerprint density at radius 2 is 1.70 bits per heavy atom. The van der Waals surface area contributed by atoms with Crippen molar-refractivity contribution in [3.8, 4) is 0 Å². The van der Waals surface area contributed by atoms with Crippen molar-refractivity contribution >= 4 is 35.3 Å². The Hall–Kier alpha value is -2.13. The molecule has 2 amide bonds. The van der Waals surface area contributed by atoms with E-state index >= 15 is 0 Å². The van der Waals surface area contributed by atoms with Crippen molar-refractivity contribution in [2.45, 2.75) is 36.7 Å². The monoisotopic (exact) mass is 408 g/mol. The minimum Gasteiger partial charge on any atom is -0.273 e. The molecule has 2 aromatic rings. The lowest BCUT2D eigenvalue weighted by Crippen LogP contribution is -2.42. The number of nitrogens with one attached hydrogen (secondary N) is 2. The maximum Gasteiger partial charge on any atom is 0.248 e. The largest absolute Gasteiger partial charge is 0.273 e. The first-order valence-electron chi connectivity index (χ1n) is 8.23. The maximum atomic E-state index is 13.5. The van der Waals surface area contributed by atoms with Crippen LogP contribution in [-0.2, 0) is 16.0 Å². The number of aryl methyl sites for hydroxylation is 2. The van der Waals surface area contributed by atoms with Gasteiger partial charge in [0.05, 0.1) is 5.75 Å². The molecule has 9 heteroatoms. The van der Waals surface area contributed by atoms with Gasteiger partial charge in [-0.3, -0.25) is 20.4 Å². The summed E-state index contributed by atoms with van der Waals surface area (Å²) in [5.41, 5.74) is 7.35. The molecule has 0 radical (unpaired) electrons. The van der Waals surface area contributed by atoms with Crippen molar-refractivity contribution < 1.29 is 14.0 Å². The molecule has 0 saturated carbocycles. The van der Waals surface area contributed by atoms with Crippen LogP contribution in [0.1, 0.15) is 23.4 Å². The number of hydrogen-bond donors (Lipinski definition) is 2. The number of benzene rings is 1. The Bertz CT molecular complexity index is 810. The zero-order valence-corrected chi connectivity index (χ0v) is 17.0. The van der Waals surface area contributed by atoms with Crippen LogP contribution in [0.2, 0.25) is 0 Å². The molecule has 0 unspecified atom stereocenters. The third kappa shape index (κ3) is 6.51. The average molecular weight is 409 g/mol. The number of nitrogens with zero attached hydrogens (tertiary/aromatic N) is 2. The van der Waals surface area contributed by atoms with E-state index < -0.39 is 5.91 Å². The van der Waals surface area contributed by atoms with E-state index in [1.165, 1.54) is 17.8 Å². The molecular formula is C18H21FN4O2S2. The molecule has 0 spiro atoms. The van der Waals surface area contributed by atoms with Gasteiger partial charge >= 0.3 is 0 Å². The van der Waals surface area contributed by atoms with Gasteiger partial charge in [-0.2, -0.15) is 0 Å². The highest BCUT2D eigenvalue weighted by atomic mass is 32.2. The highest BCUT2D eigenvalue weighted by molar-refractivity contribution is 8.00. The molecule has 0 aliphatic rings. The summed E-state index contributed by atoms with van der Waals surface area (Å²) in [4.78, 5) is 32.9. The molecule has 6 nitrogen and oxygen atoms in total. The van der Waals surface area contributed by atoms with E-state index in [1.807, 2.05) is 20.1 Å². The second-order valence-corrected chi connectivity index (χ2v) is 7.47. The van der Waals surface area contributed by atoms with Gasteiger partial charge in [0.15, 0.2) is 5.16 Å². The van der Waals surface area contributed by atoms with Crippen molar-refractivity contribution in [3.63, 3.8) is 0 Å². The van der Waals surface area contributed by atoms with E-state index in [1.54, 1.807) is 18.2 Å². The zero-order chi connectivity index (χ0) is 19.8. The number of aromatic nitrogens is 2. The lowest BCUT2D eigenvalue weighted by atomic mass is 10.1. The summed E-state index contributed by atoms with van der Waals surface area (Å²) in [5, 5.41) is 0.706. The van der Waals surface area contributed by atoms with Crippen LogP contribution in [-0.4, -0.2) is 33.8 Å². The van der Waals surface area contributed by atoms with Crippen LogP contribution >= 0.6 is 23.5 Å². The van der Waals surface area contributed by atoms with Gasteiger partial charge < -0.3 is 0 Å². The Morgan fingerprint density at radius 1 is 1.07 bits per heavy atom. The van der Waals surface area contributed by atoms with Crippen molar-refractivity contribution in [1.29, 1.82) is 0 Å². The summed E-state index contributed by atoms with van der Waals surface area (Å²) in [6.45, 7) is 3.78. The van der Waals surface area contributed by atoms with E-state index in [-0.39, 0.29) is 23.9 Å². The summed E-state index contributed by atoms with van der Waals surface area (Å²) in [7, 11) is 0. The number of thioether (sulfide) groups is 2. The molecule has 0 aliphatic carbocycles. The number of rotatable bonds is 7. The smallest absolute Gasteiger partial charge is 0.248 e. The van der Waals surface area contributed by atoms with E-state index in [0.29, 0.717) is 16.5 Å². The van der Waals surface area contributed by atoms with Crippen LogP contribution in [0.4, 0.5) is 4.39 Å². The first-order valence-corrected chi connectivity index (χ1v) is 10.4. The van der Waals surface area contributed by atoms with Gasteiger partial charge in [0, 0.05) is 22.7 Å². The first kappa shape index (κ1) is 21.2. The average Bonchev–Trinajstić information content (AvgIpc) is 2.64. The Kier molecular flexibility index (Phi) is 8.05. The molecule has 1 aromatic carbocycles. The predicted molar refractivity (Wildman–Crippen MR) is 105 cm³/mol. The molecule has 2 rings (SSSR count). The Morgan fingerprint density at radius 3 is 2.33 bits per heavy atom. The summed E-state index contributed by atoms with van der Waals surface area (Å²) in [6, 6.07) is 6.22. The van der Waals surface area contributed by atoms with Gasteiger partial charge in [-0.15, -0.1) is 11.8 Å². The van der Waals surface area contributed by atoms with Crippen molar-refractivity contribution in [2.75, 3.05) is 12.0 Å². The van der Waals surface area contributed by atoms with Crippen molar-refractivity contribution in [2.24, 2.45) is 0 Å². The SMILES string of the molecule is CSc1nc(C)c(CCC(=O)NNC(=O)CSc2ccccc2F)c(C)n1. The van der Waals surface area contributed by atoms with Crippen LogP contribution in [0.3, 0.4) is 0 Å². The normalized spacial score (nSPS) is 10.5. The Balaban J connectivity index is 1.76. The molecule has 0 saturated heterocycles. The van der Waals surface area contributed by atoms with Crippen molar-refractivity contribution in [3.05, 3.63) is 47.0 Å². The summed E-state index contributed by atoms with van der Waals surface area (Å²) < 4.78 is 13.5. The van der Waals surface area contributed by atoms with Gasteiger partial charge in [0.1, 0.15) is 5.82 Å². The lowest BCUT2D eigenvalue weighted by Gasteiger charge is -2.11. The van der Waals surface area contributed by atoms with E-state index in [0.717, 1.165) is 28.7 Å². The maximum absolute atomic E-state index is 13.5. The third-order valence-electron chi connectivity index (χ3n) is 3.72. The molecule has 2 N–H and O–H groups in total. The second-order valence-electron chi connectivity index (χ2n) is 5.68. The van der Waals surface area contributed by atoms with Crippen LogP contribution in [0.25, 0.3) is 0 Å². The van der Waals surface area contributed by atoms with E-state index in [9.17, 15) is 14.0 Å². The van der Waals surface area contributed by atoms with Gasteiger partial charge in [0.2, 0.25) is 11.8 Å². The number of carbonyl (C=O) groups is 2. The summed E-state index contributed by atoms with van der Waals surface area (Å²) >= 11 is 2.54. The minimum atomic E-state index is -0.406. The number of carbonyl (C=O) groups excluding carboxylic acids is 2. The number of hydrazine groups is 1. The number of halogens is 1. The lowest BCUT2D eigenvalue weighted by molar-refractivity contribution is -0.127. The first-order chi connectivity index (χ1) is 12.9. The summed E-state index contributed by atoms with van der Waals surface area (Å²) in [5.74, 6) is -1.09. The fourth-order valence-corrected chi connectivity index (χ4v) is 3.54. The van der Waals surface area contributed by atoms with E-state index in [2.05, 4.69) is 20.8 Å². The molecule has 0 fully saturated rings. The second kappa shape index (κ2) is 10.3. The molecule has 27 heavy (non-hydrogen) atoms. The predicted octanol–water partition coefficient (Wildman–Crippen LogP) is 2.83. The van der Waals surface area contributed by atoms with Gasteiger partial charge in [-0.1, -0.05) is 23.9 Å². The highest BCUT2D eigenvalue weighted by Gasteiger charge is 2.12. The minimum absolute atomic E-state index is 0.00339. The molecule has 0 aliphatic heterocycles. The zero-order valence-electron chi connectivity index (χ0n) is 15.3. The quantitative estimate of drug-likeness (QED) is 0.416. The van der Waals surface area contributed by atoms with Crippen molar-refractivity contribution in [1.82, 2.24) is 20.8 Å². The van der Waals surface area contributed by atoms with Gasteiger partial charge in [-0.25, -0.2) is 14.4 Å². The topological polar surface area (TPSA) is 84.0 Å². The third-order valence-corrected chi connectivity index (χ3v) is 5.32. The standard InChI is InChI=1S/C18H21FN4O2S2/c1-11-13(12(2)21-18(20-11)26-3)8-9-16(24)22-23-17(25)10-27-15-7-5-4-6-14(15)19/h4-7H,8-10H2,1-3H3,(H,22,24)(H,23,25). The van der Waals surface area contributed by atoms with Gasteiger partial charge in [0.25, 0.3) is 0 Å². The van der Waals surface area contributed by atoms with Crippen LogP contribution in [0.5, 0.6) is 0 Å². The fraction of sp³-hybridized carbons (Fsp3) is 0.333. The number of hydrogen-bond acceptors (Lipinski definition) is 6. The molecule has 0 atom stereocenters. The van der Waals surface area contributed by atoms with Crippen LogP contribution in [0.15, 0.2) is 34.3 Å². The molecule has 1 heterocycles. The Labute approximate surface area is 166 Å². The van der Waals surface area contributed by atoms with Crippen LogP contribution in [0, 0.1) is 19.7 Å². The van der Waals surface area contributed by atoms with E-state index in [4.69, 9.17) is 0 Å². The molecule has 144 valence electrons. The molecule has 0 bridgehead atoms. The van der Waals surface area contributed by atoms with Gasteiger partial charge in [-0.05, 0) is 44.2 Å². The fourth-order valence-electron chi connectivity index (χ4n) is 2.34. The van der Waals surface area contributed by atoms with Crippen LogP contribution < -0.4 is 10.9 Å². The highest BCUT2D eigenvalue weighted by Crippen LogP contribution is 2.20. The molecular weight excluding hydrogens is 387 g/mol. The number of amides is 2.